The normalized spacial score (nSPS) is 14.8. The third-order valence-corrected chi connectivity index (χ3v) is 5.44. The fraction of sp³-hybridized carbons (Fsp3) is 0.238. The number of anilines is 1. The van der Waals surface area contributed by atoms with Gasteiger partial charge in [-0.3, -0.25) is 24.3 Å². The lowest BCUT2D eigenvalue weighted by molar-refractivity contribution is -0.385. The molecule has 2 N–H and O–H groups in total. The van der Waals surface area contributed by atoms with Crippen molar-refractivity contribution in [2.45, 2.75) is 12.8 Å². The van der Waals surface area contributed by atoms with E-state index in [-0.39, 0.29) is 11.8 Å². The van der Waals surface area contributed by atoms with E-state index < -0.39 is 16.2 Å². The maximum atomic E-state index is 13.3. The zero-order valence-electron chi connectivity index (χ0n) is 15.7. The number of hydrogen-bond acceptors (Lipinski definition) is 5. The van der Waals surface area contributed by atoms with Gasteiger partial charge in [0.1, 0.15) is 5.69 Å². The van der Waals surface area contributed by atoms with Gasteiger partial charge in [-0.05, 0) is 31.0 Å². The summed E-state index contributed by atoms with van der Waals surface area (Å²) >= 11 is 0. The quantitative estimate of drug-likeness (QED) is 0.542. The first-order valence-corrected chi connectivity index (χ1v) is 9.41. The molecular formula is C21H20N4O4. The van der Waals surface area contributed by atoms with Gasteiger partial charge in [-0.15, -0.1) is 0 Å². The lowest BCUT2D eigenvalue weighted by Crippen LogP contribution is -2.39. The second-order valence-corrected chi connectivity index (χ2v) is 7.11. The molecule has 0 saturated carbocycles. The summed E-state index contributed by atoms with van der Waals surface area (Å²) < 4.78 is 1.38. The van der Waals surface area contributed by atoms with Gasteiger partial charge < -0.3 is 10.6 Å². The molecule has 0 aliphatic carbocycles. The number of benzene rings is 2. The van der Waals surface area contributed by atoms with Gasteiger partial charge in [0.25, 0.3) is 0 Å². The minimum Gasteiger partial charge on any atom is -0.369 e. The SMILES string of the molecule is NC(=O)C1CCN(c2c([N+](=O)[O-])c(=O)n(-c3ccccc3)c3ccccc23)CC1. The Morgan fingerprint density at radius 2 is 1.66 bits per heavy atom. The Morgan fingerprint density at radius 1 is 1.03 bits per heavy atom. The summed E-state index contributed by atoms with van der Waals surface area (Å²) in [6.45, 7) is 0.848. The number of carbonyl (C=O) groups is 1. The number of rotatable bonds is 4. The Hall–Kier alpha value is -3.68. The first-order valence-electron chi connectivity index (χ1n) is 9.41. The molecule has 8 nitrogen and oxygen atoms in total. The van der Waals surface area contributed by atoms with Gasteiger partial charge in [-0.2, -0.15) is 0 Å². The Bertz CT molecular complexity index is 1150. The Balaban J connectivity index is 1.97. The van der Waals surface area contributed by atoms with E-state index in [0.717, 1.165) is 0 Å². The van der Waals surface area contributed by atoms with Crippen molar-refractivity contribution in [1.82, 2.24) is 4.57 Å². The molecule has 0 unspecified atom stereocenters. The third-order valence-electron chi connectivity index (χ3n) is 5.44. The van der Waals surface area contributed by atoms with E-state index in [1.165, 1.54) is 4.57 Å². The molecule has 1 aliphatic heterocycles. The van der Waals surface area contributed by atoms with E-state index in [1.54, 1.807) is 48.5 Å². The number of amides is 1. The molecule has 4 rings (SSSR count). The molecule has 1 aromatic heterocycles. The van der Waals surface area contributed by atoms with Crippen molar-refractivity contribution in [3.63, 3.8) is 0 Å². The van der Waals surface area contributed by atoms with Crippen molar-refractivity contribution in [1.29, 1.82) is 0 Å². The number of aromatic nitrogens is 1. The Kier molecular flexibility index (Phi) is 4.75. The average Bonchev–Trinajstić information content (AvgIpc) is 2.73. The van der Waals surface area contributed by atoms with Gasteiger partial charge in [-0.1, -0.05) is 36.4 Å². The highest BCUT2D eigenvalue weighted by molar-refractivity contribution is 5.97. The molecule has 0 bridgehead atoms. The number of carbonyl (C=O) groups excluding carboxylic acids is 1. The fourth-order valence-electron chi connectivity index (χ4n) is 4.02. The number of para-hydroxylation sites is 2. The lowest BCUT2D eigenvalue weighted by Gasteiger charge is -2.32. The smallest absolute Gasteiger partial charge is 0.358 e. The number of nitrogens with two attached hydrogens (primary N) is 1. The first-order chi connectivity index (χ1) is 14.0. The summed E-state index contributed by atoms with van der Waals surface area (Å²) in [6.07, 6.45) is 1.01. The molecule has 1 aliphatic rings. The Morgan fingerprint density at radius 3 is 2.28 bits per heavy atom. The number of pyridine rings is 1. The van der Waals surface area contributed by atoms with Crippen molar-refractivity contribution in [3.8, 4) is 5.69 Å². The third kappa shape index (κ3) is 3.22. The summed E-state index contributed by atoms with van der Waals surface area (Å²) in [4.78, 5) is 38.0. The Labute approximate surface area is 166 Å². The topological polar surface area (TPSA) is 111 Å². The van der Waals surface area contributed by atoms with Crippen molar-refractivity contribution < 1.29 is 9.72 Å². The van der Waals surface area contributed by atoms with Crippen molar-refractivity contribution in [2.75, 3.05) is 18.0 Å². The highest BCUT2D eigenvalue weighted by Crippen LogP contribution is 2.36. The van der Waals surface area contributed by atoms with E-state index in [1.807, 2.05) is 11.0 Å². The maximum absolute atomic E-state index is 13.3. The molecule has 29 heavy (non-hydrogen) atoms. The molecule has 1 amide bonds. The summed E-state index contributed by atoms with van der Waals surface area (Å²) in [5, 5.41) is 12.6. The molecule has 0 radical (unpaired) electrons. The minimum absolute atomic E-state index is 0.249. The number of nitro groups is 1. The van der Waals surface area contributed by atoms with Gasteiger partial charge >= 0.3 is 11.2 Å². The van der Waals surface area contributed by atoms with Gasteiger partial charge in [0.15, 0.2) is 0 Å². The van der Waals surface area contributed by atoms with Crippen LogP contribution in [0.1, 0.15) is 12.8 Å². The van der Waals surface area contributed by atoms with E-state index in [0.29, 0.717) is 48.2 Å². The second-order valence-electron chi connectivity index (χ2n) is 7.11. The number of primary amides is 1. The van der Waals surface area contributed by atoms with E-state index in [2.05, 4.69) is 0 Å². The minimum atomic E-state index is -0.674. The van der Waals surface area contributed by atoms with Crippen LogP contribution in [-0.4, -0.2) is 28.5 Å². The van der Waals surface area contributed by atoms with Crippen molar-refractivity contribution in [3.05, 3.63) is 75.1 Å². The molecule has 8 heteroatoms. The molecule has 3 aromatic rings. The van der Waals surface area contributed by atoms with Gasteiger partial charge in [0, 0.05) is 30.1 Å². The van der Waals surface area contributed by atoms with Gasteiger partial charge in [0.2, 0.25) is 5.91 Å². The van der Waals surface area contributed by atoms with Crippen LogP contribution in [0.25, 0.3) is 16.6 Å². The zero-order chi connectivity index (χ0) is 20.5. The molecule has 2 heterocycles. The fourth-order valence-corrected chi connectivity index (χ4v) is 4.02. The molecule has 1 fully saturated rings. The molecule has 0 atom stereocenters. The van der Waals surface area contributed by atoms with Crippen LogP contribution in [0.5, 0.6) is 0 Å². The highest BCUT2D eigenvalue weighted by Gasteiger charge is 2.32. The monoisotopic (exact) mass is 392 g/mol. The largest absolute Gasteiger partial charge is 0.369 e. The predicted molar refractivity (Wildman–Crippen MR) is 110 cm³/mol. The summed E-state index contributed by atoms with van der Waals surface area (Å²) in [5.74, 6) is -0.607. The van der Waals surface area contributed by atoms with Crippen LogP contribution >= 0.6 is 0 Å². The summed E-state index contributed by atoms with van der Waals surface area (Å²) in [6, 6.07) is 16.1. The number of piperidine rings is 1. The van der Waals surface area contributed by atoms with Crippen molar-refractivity contribution in [2.24, 2.45) is 11.7 Å². The van der Waals surface area contributed by atoms with Crippen LogP contribution in [0.4, 0.5) is 11.4 Å². The van der Waals surface area contributed by atoms with E-state index in [4.69, 9.17) is 5.73 Å². The van der Waals surface area contributed by atoms with Crippen LogP contribution in [0.15, 0.2) is 59.4 Å². The molecular weight excluding hydrogens is 372 g/mol. The first kappa shape index (κ1) is 18.7. The summed E-state index contributed by atoms with van der Waals surface area (Å²) in [5.41, 5.74) is 5.76. The van der Waals surface area contributed by atoms with E-state index >= 15 is 0 Å². The summed E-state index contributed by atoms with van der Waals surface area (Å²) in [7, 11) is 0. The van der Waals surface area contributed by atoms with Crippen LogP contribution in [0, 0.1) is 16.0 Å². The van der Waals surface area contributed by atoms with Crippen LogP contribution < -0.4 is 16.2 Å². The zero-order valence-corrected chi connectivity index (χ0v) is 15.7. The van der Waals surface area contributed by atoms with E-state index in [9.17, 15) is 19.7 Å². The maximum Gasteiger partial charge on any atom is 0.358 e. The molecule has 0 spiro atoms. The van der Waals surface area contributed by atoms with Gasteiger partial charge in [0.05, 0.1) is 10.4 Å². The standard InChI is InChI=1S/C21H20N4O4/c22-20(26)14-10-12-23(13-11-14)18-16-8-4-5-9-17(16)24(15-6-2-1-3-7-15)21(27)19(18)25(28)29/h1-9,14H,10-13H2,(H2,22,26). The van der Waals surface area contributed by atoms with Crippen LogP contribution in [-0.2, 0) is 4.79 Å². The number of nitrogens with zero attached hydrogens (tertiary/aromatic N) is 3. The van der Waals surface area contributed by atoms with Gasteiger partial charge in [-0.25, -0.2) is 0 Å². The van der Waals surface area contributed by atoms with Crippen molar-refractivity contribution >= 4 is 28.2 Å². The second kappa shape index (κ2) is 7.38. The highest BCUT2D eigenvalue weighted by atomic mass is 16.6. The predicted octanol–water partition coefficient (Wildman–Crippen LogP) is 2.60. The van der Waals surface area contributed by atoms with Crippen LogP contribution in [0.2, 0.25) is 0 Å². The number of hydrogen-bond donors (Lipinski definition) is 1. The molecule has 148 valence electrons. The molecule has 2 aromatic carbocycles. The number of fused-ring (bicyclic) bond motifs is 1. The average molecular weight is 392 g/mol. The van der Waals surface area contributed by atoms with Crippen LogP contribution in [0.3, 0.4) is 0 Å². The lowest BCUT2D eigenvalue weighted by atomic mass is 9.95. The molecule has 1 saturated heterocycles.